The second-order valence-electron chi connectivity index (χ2n) is 6.49. The van der Waals surface area contributed by atoms with E-state index >= 15 is 0 Å². The number of amides is 1. The Morgan fingerprint density at radius 1 is 1.03 bits per heavy atom. The van der Waals surface area contributed by atoms with Crippen molar-refractivity contribution in [2.24, 2.45) is 0 Å². The van der Waals surface area contributed by atoms with Crippen molar-refractivity contribution in [2.75, 3.05) is 10.0 Å². The van der Waals surface area contributed by atoms with Crippen LogP contribution in [0.2, 0.25) is 10.0 Å². The van der Waals surface area contributed by atoms with Crippen LogP contribution in [-0.4, -0.2) is 29.1 Å². The minimum atomic E-state index is -3.79. The zero-order chi connectivity index (χ0) is 23.6. The lowest BCUT2D eigenvalue weighted by Crippen LogP contribution is -2.21. The summed E-state index contributed by atoms with van der Waals surface area (Å²) in [7, 11) is -3.79. The lowest BCUT2D eigenvalue weighted by Gasteiger charge is -2.09. The molecule has 0 aliphatic rings. The molecule has 0 radical (unpaired) electrons. The summed E-state index contributed by atoms with van der Waals surface area (Å²) in [4.78, 5) is 28.7. The number of nitrogens with zero attached hydrogens (tertiary/aromatic N) is 3. The van der Waals surface area contributed by atoms with Gasteiger partial charge in [0.1, 0.15) is 5.02 Å². The van der Waals surface area contributed by atoms with E-state index in [2.05, 4.69) is 20.1 Å². The molecule has 0 saturated carbocycles. The number of benzene rings is 2. The summed E-state index contributed by atoms with van der Waals surface area (Å²) in [6.07, 6.45) is 2.75. The Hall–Kier alpha value is -3.25. The summed E-state index contributed by atoms with van der Waals surface area (Å²) in [5.41, 5.74) is 0.534. The number of nitrogens with one attached hydrogen (secondary N) is 2. The number of thiazole rings is 1. The van der Waals surface area contributed by atoms with Gasteiger partial charge in [-0.25, -0.2) is 13.4 Å². The first kappa shape index (κ1) is 22.9. The second-order valence-corrected chi connectivity index (χ2v) is 9.85. The van der Waals surface area contributed by atoms with E-state index in [0.29, 0.717) is 16.9 Å². The van der Waals surface area contributed by atoms with Crippen LogP contribution in [0.25, 0.3) is 5.69 Å². The minimum absolute atomic E-state index is 0.0274. The highest BCUT2D eigenvalue weighted by Gasteiger charge is 2.16. The van der Waals surface area contributed by atoms with Crippen LogP contribution in [0.15, 0.2) is 76.0 Å². The average Bonchev–Trinajstić information content (AvgIpc) is 3.30. The molecule has 0 aliphatic heterocycles. The van der Waals surface area contributed by atoms with E-state index in [0.717, 1.165) is 16.0 Å². The van der Waals surface area contributed by atoms with Gasteiger partial charge < -0.3 is 5.32 Å². The maximum Gasteiger partial charge on any atom is 0.291 e. The third-order valence-electron chi connectivity index (χ3n) is 4.33. The highest BCUT2D eigenvalue weighted by Crippen LogP contribution is 2.20. The first-order valence-corrected chi connectivity index (χ1v) is 12.2. The Morgan fingerprint density at radius 2 is 1.73 bits per heavy atom. The van der Waals surface area contributed by atoms with Crippen LogP contribution in [0, 0.1) is 0 Å². The molecule has 2 aromatic carbocycles. The largest absolute Gasteiger partial charge is 0.322 e. The topological polar surface area (TPSA) is 123 Å². The molecular formula is C20H13Cl2N5O4S2. The van der Waals surface area contributed by atoms with Gasteiger partial charge >= 0.3 is 0 Å². The summed E-state index contributed by atoms with van der Waals surface area (Å²) >= 11 is 12.8. The van der Waals surface area contributed by atoms with E-state index in [1.54, 1.807) is 5.38 Å². The summed E-state index contributed by atoms with van der Waals surface area (Å²) in [6.45, 7) is 0. The van der Waals surface area contributed by atoms with Crippen molar-refractivity contribution in [1.82, 2.24) is 14.8 Å². The molecule has 4 aromatic rings. The monoisotopic (exact) mass is 521 g/mol. The summed E-state index contributed by atoms with van der Waals surface area (Å²) in [5, 5.41) is 8.42. The van der Waals surface area contributed by atoms with E-state index in [1.807, 2.05) is 0 Å². The number of aromatic nitrogens is 3. The van der Waals surface area contributed by atoms with Gasteiger partial charge in [-0.2, -0.15) is 9.78 Å². The van der Waals surface area contributed by atoms with Crippen LogP contribution in [-0.2, 0) is 10.0 Å². The summed E-state index contributed by atoms with van der Waals surface area (Å²) < 4.78 is 28.2. The zero-order valence-corrected chi connectivity index (χ0v) is 19.5. The summed E-state index contributed by atoms with van der Waals surface area (Å²) in [6, 6.07) is 11.8. The maximum absolute atomic E-state index is 12.5. The fourth-order valence-electron chi connectivity index (χ4n) is 2.72. The molecule has 168 valence electrons. The van der Waals surface area contributed by atoms with Gasteiger partial charge in [0, 0.05) is 22.8 Å². The molecule has 33 heavy (non-hydrogen) atoms. The van der Waals surface area contributed by atoms with Gasteiger partial charge in [0.25, 0.3) is 21.5 Å². The smallest absolute Gasteiger partial charge is 0.291 e. The van der Waals surface area contributed by atoms with E-state index < -0.39 is 21.5 Å². The minimum Gasteiger partial charge on any atom is -0.322 e. The van der Waals surface area contributed by atoms with Crippen molar-refractivity contribution < 1.29 is 13.2 Å². The van der Waals surface area contributed by atoms with Crippen LogP contribution in [0.3, 0.4) is 0 Å². The Bertz CT molecular complexity index is 1470. The van der Waals surface area contributed by atoms with Gasteiger partial charge in [-0.15, -0.1) is 11.3 Å². The molecule has 2 N–H and O–H groups in total. The number of anilines is 2. The van der Waals surface area contributed by atoms with E-state index in [1.165, 1.54) is 60.9 Å². The molecule has 1 amide bonds. The van der Waals surface area contributed by atoms with Crippen molar-refractivity contribution in [1.29, 1.82) is 0 Å². The molecule has 9 nitrogen and oxygen atoms in total. The Balaban J connectivity index is 1.46. The second kappa shape index (κ2) is 9.32. The number of hydrogen-bond donors (Lipinski definition) is 2. The van der Waals surface area contributed by atoms with Crippen molar-refractivity contribution in [3.63, 3.8) is 0 Å². The standard InChI is InChI=1S/C20H13Cl2N5O4S2/c21-16-11-24-27(19(29)17(16)22)14-5-1-12(2-6-14)18(28)25-13-3-7-15(8-4-13)33(30,31)26-20-23-9-10-32-20/h1-11H,(H,23,26)(H,25,28). The lowest BCUT2D eigenvalue weighted by atomic mass is 10.2. The molecule has 13 heteroatoms. The molecule has 0 fully saturated rings. The van der Waals surface area contributed by atoms with Crippen molar-refractivity contribution >= 4 is 61.3 Å². The molecule has 0 atom stereocenters. The van der Waals surface area contributed by atoms with Gasteiger partial charge in [0.2, 0.25) is 0 Å². The summed E-state index contributed by atoms with van der Waals surface area (Å²) in [5.74, 6) is -0.424. The van der Waals surface area contributed by atoms with Crippen LogP contribution in [0.1, 0.15) is 10.4 Å². The first-order valence-electron chi connectivity index (χ1n) is 9.12. The number of halogens is 2. The van der Waals surface area contributed by atoms with Crippen molar-refractivity contribution in [2.45, 2.75) is 4.90 Å². The van der Waals surface area contributed by atoms with Gasteiger partial charge in [-0.1, -0.05) is 23.2 Å². The fourth-order valence-corrected chi connectivity index (χ4v) is 4.76. The molecule has 2 aromatic heterocycles. The third-order valence-corrected chi connectivity index (χ3v) is 7.25. The normalized spacial score (nSPS) is 11.2. The molecule has 0 spiro atoms. The van der Waals surface area contributed by atoms with Crippen LogP contribution in [0.5, 0.6) is 0 Å². The first-order chi connectivity index (χ1) is 15.7. The third kappa shape index (κ3) is 5.06. The number of carbonyl (C=O) groups excluding carboxylic acids is 1. The van der Waals surface area contributed by atoms with Gasteiger partial charge in [-0.3, -0.25) is 14.3 Å². The Morgan fingerprint density at radius 3 is 2.36 bits per heavy atom. The highest BCUT2D eigenvalue weighted by atomic mass is 35.5. The molecule has 2 heterocycles. The van der Waals surface area contributed by atoms with E-state index in [-0.39, 0.29) is 20.1 Å². The van der Waals surface area contributed by atoms with Crippen LogP contribution < -0.4 is 15.6 Å². The number of hydrogen-bond acceptors (Lipinski definition) is 7. The average molecular weight is 522 g/mol. The molecule has 0 saturated heterocycles. The van der Waals surface area contributed by atoms with Gasteiger partial charge in [0.05, 0.1) is 21.8 Å². The number of carbonyl (C=O) groups is 1. The quantitative estimate of drug-likeness (QED) is 0.394. The molecule has 4 rings (SSSR count). The van der Waals surface area contributed by atoms with E-state index in [4.69, 9.17) is 23.2 Å². The number of rotatable bonds is 6. The molecule has 0 unspecified atom stereocenters. The van der Waals surface area contributed by atoms with Gasteiger partial charge in [-0.05, 0) is 48.5 Å². The number of sulfonamides is 1. The SMILES string of the molecule is O=C(Nc1ccc(S(=O)(=O)Nc2nccs2)cc1)c1ccc(-n2ncc(Cl)c(Cl)c2=O)cc1. The van der Waals surface area contributed by atoms with Gasteiger partial charge in [0.15, 0.2) is 5.13 Å². The Kier molecular flexibility index (Phi) is 6.47. The molecular weight excluding hydrogens is 509 g/mol. The van der Waals surface area contributed by atoms with Crippen molar-refractivity contribution in [3.05, 3.63) is 92.3 Å². The fraction of sp³-hybridized carbons (Fsp3) is 0. The lowest BCUT2D eigenvalue weighted by molar-refractivity contribution is 0.102. The molecule has 0 aliphatic carbocycles. The van der Waals surface area contributed by atoms with Crippen LogP contribution >= 0.6 is 34.5 Å². The van der Waals surface area contributed by atoms with E-state index in [9.17, 15) is 18.0 Å². The Labute approximate surface area is 201 Å². The maximum atomic E-state index is 12.5. The molecule has 0 bridgehead atoms. The highest BCUT2D eigenvalue weighted by molar-refractivity contribution is 7.93. The van der Waals surface area contributed by atoms with Crippen molar-refractivity contribution in [3.8, 4) is 5.69 Å². The predicted molar refractivity (Wildman–Crippen MR) is 127 cm³/mol. The van der Waals surface area contributed by atoms with Crippen LogP contribution in [0.4, 0.5) is 10.8 Å². The zero-order valence-electron chi connectivity index (χ0n) is 16.4. The predicted octanol–water partition coefficient (Wildman–Crippen LogP) is 4.05.